The molecule has 0 radical (unpaired) electrons. The normalized spacial score (nSPS) is 13.5. The molecule has 0 aromatic carbocycles. The van der Waals surface area contributed by atoms with E-state index in [1.54, 1.807) is 0 Å². The SMILES string of the molecule is COCCOCC(=O)NCCCC[C@H](NC(=O)CCCN1C(=O)C=CC1=O)C(=O)NCCCC(=O)O. The van der Waals surface area contributed by atoms with Gasteiger partial charge in [0.05, 0.1) is 13.2 Å². The average Bonchev–Trinajstić information content (AvgIpc) is 3.15. The molecule has 0 bridgehead atoms. The van der Waals surface area contributed by atoms with Crippen LogP contribution in [0.3, 0.4) is 0 Å². The lowest BCUT2D eigenvalue weighted by Crippen LogP contribution is -2.47. The number of carboxylic acids is 1. The summed E-state index contributed by atoms with van der Waals surface area (Å²) >= 11 is 0. The minimum absolute atomic E-state index is 0.0129. The number of hydrogen-bond donors (Lipinski definition) is 4. The standard InChI is InChI=1S/C23H36N4O9/c1-35-14-15-36-16-19(29)24-11-3-2-6-17(23(34)25-12-4-8-22(32)33)26-18(28)7-5-13-27-20(30)9-10-21(27)31/h9-10,17H,2-8,11-16H2,1H3,(H,24,29)(H,25,34)(H,26,28)(H,32,33)/t17-/m0/s1. The second-order valence-corrected chi connectivity index (χ2v) is 8.06. The number of carbonyl (C=O) groups excluding carboxylic acids is 5. The molecule has 0 saturated heterocycles. The van der Waals surface area contributed by atoms with Crippen LogP contribution in [0.25, 0.3) is 0 Å². The molecule has 202 valence electrons. The van der Waals surface area contributed by atoms with Gasteiger partial charge in [-0.2, -0.15) is 0 Å². The minimum Gasteiger partial charge on any atom is -0.481 e. The molecule has 36 heavy (non-hydrogen) atoms. The molecule has 5 amide bonds. The number of imide groups is 1. The zero-order chi connectivity index (χ0) is 26.8. The Hall–Kier alpha value is -3.32. The summed E-state index contributed by atoms with van der Waals surface area (Å²) in [5, 5.41) is 16.7. The van der Waals surface area contributed by atoms with Crippen LogP contribution in [0.4, 0.5) is 0 Å². The Labute approximate surface area is 209 Å². The fourth-order valence-corrected chi connectivity index (χ4v) is 3.22. The van der Waals surface area contributed by atoms with E-state index in [0.717, 1.165) is 4.90 Å². The van der Waals surface area contributed by atoms with Crippen LogP contribution < -0.4 is 16.0 Å². The third kappa shape index (κ3) is 13.5. The Morgan fingerprint density at radius 1 is 0.917 bits per heavy atom. The molecule has 1 aliphatic rings. The molecule has 1 rings (SSSR count). The predicted octanol–water partition coefficient (Wildman–Crippen LogP) is -0.893. The van der Waals surface area contributed by atoms with Crippen LogP contribution in [0.2, 0.25) is 0 Å². The zero-order valence-corrected chi connectivity index (χ0v) is 20.6. The second-order valence-electron chi connectivity index (χ2n) is 8.06. The van der Waals surface area contributed by atoms with Crippen molar-refractivity contribution in [2.45, 2.75) is 51.0 Å². The topological polar surface area (TPSA) is 180 Å². The van der Waals surface area contributed by atoms with Gasteiger partial charge < -0.3 is 30.5 Å². The van der Waals surface area contributed by atoms with Crippen LogP contribution in [-0.4, -0.2) is 98.1 Å². The van der Waals surface area contributed by atoms with E-state index in [4.69, 9.17) is 14.6 Å². The van der Waals surface area contributed by atoms with Crippen LogP contribution >= 0.6 is 0 Å². The predicted molar refractivity (Wildman–Crippen MR) is 126 cm³/mol. The highest BCUT2D eigenvalue weighted by Crippen LogP contribution is 2.07. The number of amides is 5. The maximum absolute atomic E-state index is 12.6. The highest BCUT2D eigenvalue weighted by Gasteiger charge is 2.24. The van der Waals surface area contributed by atoms with Crippen molar-refractivity contribution in [3.63, 3.8) is 0 Å². The Kier molecular flexibility index (Phi) is 15.4. The van der Waals surface area contributed by atoms with Crippen molar-refractivity contribution in [1.82, 2.24) is 20.9 Å². The van der Waals surface area contributed by atoms with Gasteiger partial charge in [0.1, 0.15) is 12.6 Å². The molecule has 13 heteroatoms. The Balaban J connectivity index is 2.42. The Morgan fingerprint density at radius 2 is 1.61 bits per heavy atom. The van der Waals surface area contributed by atoms with E-state index in [1.807, 2.05) is 0 Å². The maximum Gasteiger partial charge on any atom is 0.303 e. The number of rotatable bonds is 20. The van der Waals surface area contributed by atoms with Gasteiger partial charge in [-0.15, -0.1) is 0 Å². The number of hydrogen-bond acceptors (Lipinski definition) is 8. The van der Waals surface area contributed by atoms with Gasteiger partial charge in [0.2, 0.25) is 17.7 Å². The largest absolute Gasteiger partial charge is 0.481 e. The fraction of sp³-hybridized carbons (Fsp3) is 0.652. The summed E-state index contributed by atoms with van der Waals surface area (Å²) < 4.78 is 9.95. The van der Waals surface area contributed by atoms with E-state index < -0.39 is 35.6 Å². The van der Waals surface area contributed by atoms with Gasteiger partial charge in [-0.3, -0.25) is 33.7 Å². The highest BCUT2D eigenvalue weighted by molar-refractivity contribution is 6.12. The molecule has 0 spiro atoms. The number of nitrogens with zero attached hydrogens (tertiary/aromatic N) is 1. The minimum atomic E-state index is -0.967. The molecule has 0 fully saturated rings. The summed E-state index contributed by atoms with van der Waals surface area (Å²) in [6.07, 6.45) is 4.17. The molecule has 1 atom stereocenters. The second kappa shape index (κ2) is 18.0. The van der Waals surface area contributed by atoms with Crippen LogP contribution in [0, 0.1) is 0 Å². The fourth-order valence-electron chi connectivity index (χ4n) is 3.22. The number of nitrogens with one attached hydrogen (secondary N) is 3. The van der Waals surface area contributed by atoms with Crippen molar-refractivity contribution in [1.29, 1.82) is 0 Å². The third-order valence-corrected chi connectivity index (χ3v) is 5.11. The molecule has 0 saturated carbocycles. The number of carbonyl (C=O) groups is 6. The van der Waals surface area contributed by atoms with Crippen LogP contribution in [0.1, 0.15) is 44.9 Å². The summed E-state index contributed by atoms with van der Waals surface area (Å²) in [5.41, 5.74) is 0. The van der Waals surface area contributed by atoms with Gasteiger partial charge in [-0.05, 0) is 32.1 Å². The molecule has 13 nitrogen and oxygen atoms in total. The van der Waals surface area contributed by atoms with Gasteiger partial charge in [0.25, 0.3) is 11.8 Å². The van der Waals surface area contributed by atoms with Crippen LogP contribution in [-0.2, 0) is 38.2 Å². The molecule has 1 heterocycles. The molecule has 0 unspecified atom stereocenters. The first kappa shape index (κ1) is 30.7. The summed E-state index contributed by atoms with van der Waals surface area (Å²) in [4.78, 5) is 71.5. The monoisotopic (exact) mass is 512 g/mol. The lowest BCUT2D eigenvalue weighted by Gasteiger charge is -2.19. The summed E-state index contributed by atoms with van der Waals surface area (Å²) in [5.74, 6) is -2.92. The summed E-state index contributed by atoms with van der Waals surface area (Å²) in [7, 11) is 1.53. The zero-order valence-electron chi connectivity index (χ0n) is 20.6. The summed E-state index contributed by atoms with van der Waals surface area (Å²) in [6.45, 7) is 1.26. The molecule has 0 aliphatic carbocycles. The number of carboxylic acid groups (broad SMARTS) is 1. The van der Waals surface area contributed by atoms with Gasteiger partial charge in [0, 0.05) is 51.7 Å². The lowest BCUT2D eigenvalue weighted by atomic mass is 10.1. The van der Waals surface area contributed by atoms with E-state index >= 15 is 0 Å². The van der Waals surface area contributed by atoms with Crippen molar-refractivity contribution >= 4 is 35.5 Å². The van der Waals surface area contributed by atoms with Gasteiger partial charge in [0.15, 0.2) is 0 Å². The number of methoxy groups -OCH3 is 1. The first-order chi connectivity index (χ1) is 17.2. The van der Waals surface area contributed by atoms with Crippen molar-refractivity contribution in [2.75, 3.05) is 46.6 Å². The average molecular weight is 513 g/mol. The van der Waals surface area contributed by atoms with Gasteiger partial charge >= 0.3 is 5.97 Å². The smallest absolute Gasteiger partial charge is 0.303 e. The quantitative estimate of drug-likeness (QED) is 0.119. The van der Waals surface area contributed by atoms with Crippen LogP contribution in [0.15, 0.2) is 12.2 Å². The van der Waals surface area contributed by atoms with E-state index in [9.17, 15) is 28.8 Å². The maximum atomic E-state index is 12.6. The molecule has 0 aromatic heterocycles. The summed E-state index contributed by atoms with van der Waals surface area (Å²) in [6, 6.07) is -0.841. The van der Waals surface area contributed by atoms with Gasteiger partial charge in [-0.1, -0.05) is 0 Å². The first-order valence-corrected chi connectivity index (χ1v) is 11.9. The number of ether oxygens (including phenoxy) is 2. The molecule has 1 aliphatic heterocycles. The van der Waals surface area contributed by atoms with Crippen molar-refractivity contribution < 1.29 is 43.3 Å². The highest BCUT2D eigenvalue weighted by atomic mass is 16.5. The number of unbranched alkanes of at least 4 members (excludes halogenated alkanes) is 1. The lowest BCUT2D eigenvalue weighted by molar-refractivity contribution is -0.138. The Bertz CT molecular complexity index is 782. The van der Waals surface area contributed by atoms with Gasteiger partial charge in [-0.25, -0.2) is 0 Å². The van der Waals surface area contributed by atoms with E-state index in [2.05, 4.69) is 16.0 Å². The van der Waals surface area contributed by atoms with Crippen molar-refractivity contribution in [2.24, 2.45) is 0 Å². The molecular weight excluding hydrogens is 476 g/mol. The third-order valence-electron chi connectivity index (χ3n) is 5.11. The van der Waals surface area contributed by atoms with E-state index in [-0.39, 0.29) is 51.3 Å². The molecule has 0 aromatic rings. The molecular formula is C23H36N4O9. The van der Waals surface area contributed by atoms with Crippen LogP contribution in [0.5, 0.6) is 0 Å². The number of aliphatic carboxylic acids is 1. The van der Waals surface area contributed by atoms with E-state index in [0.29, 0.717) is 39.0 Å². The molecule has 4 N–H and O–H groups in total. The first-order valence-electron chi connectivity index (χ1n) is 11.9. The Morgan fingerprint density at radius 3 is 2.28 bits per heavy atom. The van der Waals surface area contributed by atoms with E-state index in [1.165, 1.54) is 19.3 Å². The van der Waals surface area contributed by atoms with Crippen molar-refractivity contribution in [3.05, 3.63) is 12.2 Å². The van der Waals surface area contributed by atoms with Crippen molar-refractivity contribution in [3.8, 4) is 0 Å².